The number of ether oxygens (including phenoxy) is 1. The fourth-order valence-electron chi connectivity index (χ4n) is 3.34. The van der Waals surface area contributed by atoms with Crippen molar-refractivity contribution in [2.45, 2.75) is 19.8 Å². The number of methoxy groups -OCH3 is 1. The molecule has 1 aromatic carbocycles. The van der Waals surface area contributed by atoms with Gasteiger partial charge in [0, 0.05) is 24.7 Å². The van der Waals surface area contributed by atoms with Crippen LogP contribution >= 0.6 is 0 Å². The van der Waals surface area contributed by atoms with Crippen molar-refractivity contribution >= 4 is 23.1 Å². The minimum absolute atomic E-state index is 0.00345. The molecular formula is C19H22N6O2. The Hall–Kier alpha value is -3.16. The van der Waals surface area contributed by atoms with Crippen LogP contribution in [0, 0.1) is 12.8 Å². The Morgan fingerprint density at radius 1 is 1.11 bits per heavy atom. The molecule has 8 nitrogen and oxygen atoms in total. The van der Waals surface area contributed by atoms with Crippen molar-refractivity contribution in [3.05, 3.63) is 42.2 Å². The number of anilines is 2. The lowest BCUT2D eigenvalue weighted by molar-refractivity contribution is -0.120. The summed E-state index contributed by atoms with van der Waals surface area (Å²) in [6, 6.07) is 11.3. The molecule has 3 aromatic rings. The summed E-state index contributed by atoms with van der Waals surface area (Å²) in [4.78, 5) is 14.8. The number of fused-ring (bicyclic) bond motifs is 1. The van der Waals surface area contributed by atoms with Crippen LogP contribution < -0.4 is 15.0 Å². The van der Waals surface area contributed by atoms with Crippen molar-refractivity contribution in [2.75, 3.05) is 30.4 Å². The van der Waals surface area contributed by atoms with Crippen LogP contribution in [0.15, 0.2) is 36.4 Å². The molecule has 3 heterocycles. The van der Waals surface area contributed by atoms with Gasteiger partial charge < -0.3 is 15.0 Å². The Morgan fingerprint density at radius 3 is 2.56 bits per heavy atom. The van der Waals surface area contributed by atoms with Crippen molar-refractivity contribution in [1.29, 1.82) is 0 Å². The minimum atomic E-state index is 0.00345. The van der Waals surface area contributed by atoms with E-state index >= 15 is 0 Å². The minimum Gasteiger partial charge on any atom is -0.497 e. The summed E-state index contributed by atoms with van der Waals surface area (Å²) in [5.74, 6) is 2.50. The summed E-state index contributed by atoms with van der Waals surface area (Å²) >= 11 is 0. The number of aromatic nitrogens is 4. The smallest absolute Gasteiger partial charge is 0.227 e. The van der Waals surface area contributed by atoms with Gasteiger partial charge in [-0.15, -0.1) is 15.3 Å². The quantitative estimate of drug-likeness (QED) is 0.763. The summed E-state index contributed by atoms with van der Waals surface area (Å²) in [7, 11) is 1.62. The van der Waals surface area contributed by atoms with Gasteiger partial charge in [0.2, 0.25) is 5.91 Å². The Balaban J connectivity index is 1.37. The summed E-state index contributed by atoms with van der Waals surface area (Å²) in [6.45, 7) is 3.47. The third-order valence-corrected chi connectivity index (χ3v) is 4.95. The molecule has 0 saturated carbocycles. The number of piperidine rings is 1. The number of nitrogens with one attached hydrogen (secondary N) is 1. The Morgan fingerprint density at radius 2 is 1.85 bits per heavy atom. The molecule has 27 heavy (non-hydrogen) atoms. The van der Waals surface area contributed by atoms with Crippen molar-refractivity contribution in [1.82, 2.24) is 19.8 Å². The van der Waals surface area contributed by atoms with Gasteiger partial charge in [0.15, 0.2) is 11.5 Å². The van der Waals surface area contributed by atoms with Gasteiger partial charge in [0.05, 0.1) is 7.11 Å². The fraction of sp³-hybridized carbons (Fsp3) is 0.368. The molecule has 4 rings (SSSR count). The second-order valence-corrected chi connectivity index (χ2v) is 6.69. The highest BCUT2D eigenvalue weighted by Gasteiger charge is 2.26. The zero-order valence-electron chi connectivity index (χ0n) is 15.4. The average molecular weight is 366 g/mol. The van der Waals surface area contributed by atoms with Crippen LogP contribution in [0.3, 0.4) is 0 Å². The lowest BCUT2D eigenvalue weighted by Crippen LogP contribution is -2.38. The number of aryl methyl sites for hydroxylation is 1. The van der Waals surface area contributed by atoms with Gasteiger partial charge in [-0.25, -0.2) is 0 Å². The SMILES string of the molecule is COc1ccc(NC(=O)C2CCN(c3ccc4nnc(C)n4n3)CC2)cc1. The number of nitrogens with zero attached hydrogens (tertiary/aromatic N) is 5. The van der Waals surface area contributed by atoms with Gasteiger partial charge in [-0.2, -0.15) is 4.52 Å². The van der Waals surface area contributed by atoms with Gasteiger partial charge in [0.25, 0.3) is 0 Å². The molecule has 1 saturated heterocycles. The lowest BCUT2D eigenvalue weighted by Gasteiger charge is -2.32. The maximum Gasteiger partial charge on any atom is 0.227 e. The molecule has 0 atom stereocenters. The van der Waals surface area contributed by atoms with Crippen LogP contribution in [-0.2, 0) is 4.79 Å². The molecule has 1 N–H and O–H groups in total. The van der Waals surface area contributed by atoms with E-state index in [-0.39, 0.29) is 11.8 Å². The normalized spacial score (nSPS) is 15.1. The number of carbonyl (C=O) groups excluding carboxylic acids is 1. The number of rotatable bonds is 4. The van der Waals surface area contributed by atoms with E-state index in [1.807, 2.05) is 43.3 Å². The highest BCUT2D eigenvalue weighted by molar-refractivity contribution is 5.92. The Bertz CT molecular complexity index is 944. The summed E-state index contributed by atoms with van der Waals surface area (Å²) < 4.78 is 6.89. The van der Waals surface area contributed by atoms with Crippen molar-refractivity contribution in [2.24, 2.45) is 5.92 Å². The molecule has 0 spiro atoms. The van der Waals surface area contributed by atoms with Crippen LogP contribution in [-0.4, -0.2) is 45.9 Å². The first-order valence-electron chi connectivity index (χ1n) is 9.03. The largest absolute Gasteiger partial charge is 0.497 e. The molecule has 8 heteroatoms. The third-order valence-electron chi connectivity index (χ3n) is 4.95. The highest BCUT2D eigenvalue weighted by atomic mass is 16.5. The molecule has 1 amide bonds. The molecule has 1 aliphatic rings. The zero-order valence-corrected chi connectivity index (χ0v) is 15.4. The van der Waals surface area contributed by atoms with E-state index < -0.39 is 0 Å². The van der Waals surface area contributed by atoms with E-state index in [9.17, 15) is 4.79 Å². The molecule has 0 bridgehead atoms. The number of amides is 1. The molecular weight excluding hydrogens is 344 g/mol. The van der Waals surface area contributed by atoms with Crippen LogP contribution in [0.25, 0.3) is 5.65 Å². The first kappa shape index (κ1) is 17.3. The molecule has 2 aromatic heterocycles. The predicted molar refractivity (Wildman–Crippen MR) is 102 cm³/mol. The second-order valence-electron chi connectivity index (χ2n) is 6.69. The Kier molecular flexibility index (Phi) is 4.62. The molecule has 1 aliphatic heterocycles. The molecule has 0 unspecified atom stereocenters. The monoisotopic (exact) mass is 366 g/mol. The number of hydrogen-bond acceptors (Lipinski definition) is 6. The average Bonchev–Trinajstić information content (AvgIpc) is 3.09. The maximum absolute atomic E-state index is 12.6. The van der Waals surface area contributed by atoms with E-state index in [0.29, 0.717) is 0 Å². The first-order valence-corrected chi connectivity index (χ1v) is 9.03. The third kappa shape index (κ3) is 3.55. The highest BCUT2D eigenvalue weighted by Crippen LogP contribution is 2.24. The number of benzene rings is 1. The first-order chi connectivity index (χ1) is 13.1. The van der Waals surface area contributed by atoms with Crippen molar-refractivity contribution in [3.8, 4) is 5.75 Å². The predicted octanol–water partition coefficient (Wildman–Crippen LogP) is 2.30. The van der Waals surface area contributed by atoms with Gasteiger partial charge in [0.1, 0.15) is 11.6 Å². The van der Waals surface area contributed by atoms with E-state index in [4.69, 9.17) is 4.74 Å². The zero-order chi connectivity index (χ0) is 18.8. The second kappa shape index (κ2) is 7.22. The van der Waals surface area contributed by atoms with Crippen LogP contribution in [0.2, 0.25) is 0 Å². The summed E-state index contributed by atoms with van der Waals surface area (Å²) in [5, 5.41) is 15.7. The maximum atomic E-state index is 12.6. The van der Waals surface area contributed by atoms with Crippen LogP contribution in [0.5, 0.6) is 5.75 Å². The molecule has 0 radical (unpaired) electrons. The summed E-state index contributed by atoms with van der Waals surface area (Å²) in [6.07, 6.45) is 1.59. The van der Waals surface area contributed by atoms with Crippen LogP contribution in [0.4, 0.5) is 11.5 Å². The van der Waals surface area contributed by atoms with E-state index in [0.717, 1.165) is 54.7 Å². The standard InChI is InChI=1S/C19H22N6O2/c1-13-21-22-17-7-8-18(23-25(13)17)24-11-9-14(10-12-24)19(26)20-15-3-5-16(27-2)6-4-15/h3-8,14H,9-12H2,1-2H3,(H,20,26). The van der Waals surface area contributed by atoms with Gasteiger partial charge in [-0.1, -0.05) is 0 Å². The number of hydrogen-bond donors (Lipinski definition) is 1. The van der Waals surface area contributed by atoms with Gasteiger partial charge >= 0.3 is 0 Å². The molecule has 1 fully saturated rings. The van der Waals surface area contributed by atoms with E-state index in [1.54, 1.807) is 11.6 Å². The topological polar surface area (TPSA) is 84.6 Å². The van der Waals surface area contributed by atoms with Crippen molar-refractivity contribution in [3.63, 3.8) is 0 Å². The summed E-state index contributed by atoms with van der Waals surface area (Å²) in [5.41, 5.74) is 1.53. The van der Waals surface area contributed by atoms with Crippen LogP contribution in [0.1, 0.15) is 18.7 Å². The number of carbonyl (C=O) groups is 1. The fourth-order valence-corrected chi connectivity index (χ4v) is 3.34. The lowest BCUT2D eigenvalue weighted by atomic mass is 9.96. The van der Waals surface area contributed by atoms with E-state index in [1.165, 1.54) is 0 Å². The van der Waals surface area contributed by atoms with Crippen molar-refractivity contribution < 1.29 is 9.53 Å². The molecule has 0 aliphatic carbocycles. The van der Waals surface area contributed by atoms with Gasteiger partial charge in [-0.05, 0) is 56.2 Å². The van der Waals surface area contributed by atoms with Gasteiger partial charge in [-0.3, -0.25) is 4.79 Å². The Labute approximate surface area is 157 Å². The van der Waals surface area contributed by atoms with E-state index in [2.05, 4.69) is 25.5 Å². The molecule has 140 valence electrons.